The molecule has 1 aromatic carbocycles. The maximum absolute atomic E-state index is 12.9. The van der Waals surface area contributed by atoms with Crippen molar-refractivity contribution in [2.24, 2.45) is 0 Å². The van der Waals surface area contributed by atoms with Crippen LogP contribution in [0.3, 0.4) is 0 Å². The summed E-state index contributed by atoms with van der Waals surface area (Å²) in [7, 11) is 1.41. The van der Waals surface area contributed by atoms with E-state index in [0.717, 1.165) is 0 Å². The predicted molar refractivity (Wildman–Crippen MR) is 102 cm³/mol. The van der Waals surface area contributed by atoms with Crippen LogP contribution in [0.15, 0.2) is 42.7 Å². The van der Waals surface area contributed by atoms with Crippen LogP contribution < -0.4 is 9.46 Å². The van der Waals surface area contributed by atoms with Crippen LogP contribution in [-0.2, 0) is 11.3 Å². The Morgan fingerprint density at radius 3 is 2.25 bits per heavy atom. The monoisotopic (exact) mass is 403 g/mol. The van der Waals surface area contributed by atoms with E-state index in [1.54, 1.807) is 34.3 Å². The Bertz CT molecular complexity index is 885. The van der Waals surface area contributed by atoms with E-state index < -0.39 is 11.3 Å². The first kappa shape index (κ1) is 19.8. The van der Waals surface area contributed by atoms with Gasteiger partial charge in [-0.2, -0.15) is 0 Å². The van der Waals surface area contributed by atoms with Gasteiger partial charge in [0.25, 0.3) is 11.8 Å². The minimum Gasteiger partial charge on any atom is -0.755 e. The molecule has 1 saturated heterocycles. The highest BCUT2D eigenvalue weighted by Gasteiger charge is 2.27. The molecule has 1 aromatic heterocycles. The number of nitrogens with one attached hydrogen (secondary N) is 1. The highest BCUT2D eigenvalue weighted by molar-refractivity contribution is 7.80. The molecular formula is C18H19N4O5S-. The van der Waals surface area contributed by atoms with Crippen molar-refractivity contribution in [2.45, 2.75) is 0 Å². The third kappa shape index (κ3) is 4.46. The van der Waals surface area contributed by atoms with Gasteiger partial charge in [-0.15, -0.1) is 0 Å². The van der Waals surface area contributed by atoms with Crippen LogP contribution in [0.1, 0.15) is 20.7 Å². The van der Waals surface area contributed by atoms with Gasteiger partial charge in [0.2, 0.25) is 0 Å². The van der Waals surface area contributed by atoms with E-state index >= 15 is 0 Å². The van der Waals surface area contributed by atoms with Crippen molar-refractivity contribution in [2.75, 3.05) is 38.0 Å². The number of carbonyl (C=O) groups excluding carboxylic acids is 2. The molecule has 1 atom stereocenters. The van der Waals surface area contributed by atoms with Gasteiger partial charge in [0.1, 0.15) is 5.75 Å². The maximum Gasteiger partial charge on any atom is 0.257 e. The smallest absolute Gasteiger partial charge is 0.257 e. The molecule has 148 valence electrons. The molecule has 1 unspecified atom stereocenters. The first-order valence-electron chi connectivity index (χ1n) is 8.52. The number of anilines is 1. The van der Waals surface area contributed by atoms with Crippen LogP contribution >= 0.6 is 0 Å². The molecule has 0 saturated carbocycles. The van der Waals surface area contributed by atoms with Gasteiger partial charge in [-0.05, 0) is 24.3 Å². The van der Waals surface area contributed by atoms with Crippen molar-refractivity contribution in [3.05, 3.63) is 53.9 Å². The van der Waals surface area contributed by atoms with Crippen LogP contribution in [0.25, 0.3) is 0 Å². The van der Waals surface area contributed by atoms with Crippen molar-refractivity contribution < 1.29 is 23.1 Å². The number of pyridine rings is 1. The molecule has 0 radical (unpaired) electrons. The highest BCUT2D eigenvalue weighted by Crippen LogP contribution is 2.25. The minimum absolute atomic E-state index is 0.0897. The van der Waals surface area contributed by atoms with Crippen LogP contribution in [-0.4, -0.2) is 68.6 Å². The summed E-state index contributed by atoms with van der Waals surface area (Å²) in [6.45, 7) is 1.63. The van der Waals surface area contributed by atoms with Crippen molar-refractivity contribution in [1.29, 1.82) is 0 Å². The van der Waals surface area contributed by atoms with E-state index in [1.807, 2.05) is 0 Å². The fraction of sp³-hybridized carbons (Fsp3) is 0.278. The lowest BCUT2D eigenvalue weighted by atomic mass is 10.1. The molecule has 0 spiro atoms. The van der Waals surface area contributed by atoms with Gasteiger partial charge in [0.15, 0.2) is 0 Å². The topological polar surface area (TPSA) is 115 Å². The Labute approximate surface area is 164 Å². The van der Waals surface area contributed by atoms with Gasteiger partial charge >= 0.3 is 0 Å². The third-order valence-electron chi connectivity index (χ3n) is 4.41. The van der Waals surface area contributed by atoms with Gasteiger partial charge in [0, 0.05) is 67.2 Å². The molecule has 1 aliphatic heterocycles. The lowest BCUT2D eigenvalue weighted by Gasteiger charge is -2.35. The summed E-state index contributed by atoms with van der Waals surface area (Å²) in [5, 5.41) is 0. The van der Waals surface area contributed by atoms with E-state index in [4.69, 9.17) is 4.74 Å². The van der Waals surface area contributed by atoms with Crippen LogP contribution in [0.2, 0.25) is 0 Å². The standard InChI is InChI=1S/C18H20N4O5S/c1-27-16-12-14(20-28(25)26)2-3-15(16)18(24)22-10-8-21(9-11-22)17(23)13-4-6-19-7-5-13/h2-7,12,20H,8-11H2,1H3,(H,25,26)/p-1. The second-order valence-corrected chi connectivity index (χ2v) is 6.75. The van der Waals surface area contributed by atoms with Gasteiger partial charge < -0.3 is 23.8 Å². The molecule has 0 aliphatic carbocycles. The molecule has 2 heterocycles. The number of nitrogens with zero attached hydrogens (tertiary/aromatic N) is 3. The Kier molecular flexibility index (Phi) is 6.22. The van der Waals surface area contributed by atoms with E-state index in [-0.39, 0.29) is 17.6 Å². The number of rotatable bonds is 5. The van der Waals surface area contributed by atoms with Crippen molar-refractivity contribution in [1.82, 2.24) is 14.8 Å². The number of piperazine rings is 1. The van der Waals surface area contributed by atoms with Crippen molar-refractivity contribution in [3.63, 3.8) is 0 Å². The first-order valence-corrected chi connectivity index (χ1v) is 9.59. The number of aromatic nitrogens is 1. The maximum atomic E-state index is 12.9. The second-order valence-electron chi connectivity index (χ2n) is 6.07. The fourth-order valence-electron chi connectivity index (χ4n) is 2.99. The molecule has 2 aromatic rings. The van der Waals surface area contributed by atoms with Gasteiger partial charge in [-0.1, -0.05) is 0 Å². The third-order valence-corrected chi connectivity index (χ3v) is 4.82. The molecule has 1 aliphatic rings. The molecule has 10 heteroatoms. The summed E-state index contributed by atoms with van der Waals surface area (Å²) >= 11 is -2.47. The summed E-state index contributed by atoms with van der Waals surface area (Å²) in [4.78, 5) is 32.6. The van der Waals surface area contributed by atoms with Crippen LogP contribution in [0.4, 0.5) is 5.69 Å². The Balaban J connectivity index is 1.66. The SMILES string of the molecule is COc1cc(NS(=O)[O-])ccc1C(=O)N1CCN(C(=O)c2ccncc2)CC1. The van der Waals surface area contributed by atoms with Crippen LogP contribution in [0, 0.1) is 0 Å². The summed E-state index contributed by atoms with van der Waals surface area (Å²) in [6.07, 6.45) is 3.14. The fourth-order valence-corrected chi connectivity index (χ4v) is 3.31. The van der Waals surface area contributed by atoms with Gasteiger partial charge in [-0.25, -0.2) is 0 Å². The average molecular weight is 403 g/mol. The minimum atomic E-state index is -2.47. The zero-order chi connectivity index (χ0) is 20.1. The van der Waals surface area contributed by atoms with Crippen LogP contribution in [0.5, 0.6) is 5.75 Å². The van der Waals surface area contributed by atoms with Crippen molar-refractivity contribution in [3.8, 4) is 5.75 Å². The Hall–Kier alpha value is -2.98. The number of amides is 2. The highest BCUT2D eigenvalue weighted by atomic mass is 32.2. The van der Waals surface area contributed by atoms with Gasteiger partial charge in [-0.3, -0.25) is 18.8 Å². The Morgan fingerprint density at radius 1 is 1.07 bits per heavy atom. The normalized spacial score (nSPS) is 15.1. The number of benzene rings is 1. The molecule has 2 amide bonds. The molecule has 1 fully saturated rings. The first-order chi connectivity index (χ1) is 13.5. The number of methoxy groups -OCH3 is 1. The van der Waals surface area contributed by atoms with Gasteiger partial charge in [0.05, 0.1) is 12.7 Å². The summed E-state index contributed by atoms with van der Waals surface area (Å²) in [5.41, 5.74) is 1.20. The summed E-state index contributed by atoms with van der Waals surface area (Å²) in [5.74, 6) is -0.0495. The molecule has 0 bridgehead atoms. The quantitative estimate of drug-likeness (QED) is 0.742. The number of ether oxygens (including phenoxy) is 1. The lowest BCUT2D eigenvalue weighted by Crippen LogP contribution is -2.50. The number of carbonyl (C=O) groups is 2. The van der Waals surface area contributed by atoms with E-state index in [1.165, 1.54) is 25.3 Å². The molecule has 28 heavy (non-hydrogen) atoms. The second kappa shape index (κ2) is 8.81. The molecular weight excluding hydrogens is 384 g/mol. The van der Waals surface area contributed by atoms with E-state index in [2.05, 4.69) is 9.71 Å². The Morgan fingerprint density at radius 2 is 1.68 bits per heavy atom. The lowest BCUT2D eigenvalue weighted by molar-refractivity contribution is 0.0533. The largest absolute Gasteiger partial charge is 0.755 e. The average Bonchev–Trinajstić information content (AvgIpc) is 2.73. The zero-order valence-corrected chi connectivity index (χ0v) is 16.0. The number of hydrogen-bond acceptors (Lipinski definition) is 6. The predicted octanol–water partition coefficient (Wildman–Crippen LogP) is 0.894. The van der Waals surface area contributed by atoms with E-state index in [0.29, 0.717) is 43.0 Å². The summed E-state index contributed by atoms with van der Waals surface area (Å²) in [6, 6.07) is 7.79. The van der Waals surface area contributed by atoms with Crippen molar-refractivity contribution >= 4 is 28.8 Å². The molecule has 9 nitrogen and oxygen atoms in total. The summed E-state index contributed by atoms with van der Waals surface area (Å²) < 4.78 is 29.0. The zero-order valence-electron chi connectivity index (χ0n) is 15.2. The van der Waals surface area contributed by atoms with E-state index in [9.17, 15) is 18.4 Å². The molecule has 1 N–H and O–H groups in total. The molecule has 3 rings (SSSR count). The number of hydrogen-bond donors (Lipinski definition) is 1.